The largest absolute Gasteiger partial charge is 0.383 e. The Morgan fingerprint density at radius 1 is 1.62 bits per heavy atom. The lowest BCUT2D eigenvalue weighted by Gasteiger charge is -2.15. The second-order valence-corrected chi connectivity index (χ2v) is 4.03. The van der Waals surface area contributed by atoms with Crippen molar-refractivity contribution in [2.24, 2.45) is 0 Å². The first kappa shape index (κ1) is 13.0. The van der Waals surface area contributed by atoms with Gasteiger partial charge in [-0.1, -0.05) is 13.0 Å². The first-order valence-corrected chi connectivity index (χ1v) is 5.91. The molecule has 0 aliphatic carbocycles. The highest BCUT2D eigenvalue weighted by Crippen LogP contribution is 1.98. The Kier molecular flexibility index (Phi) is 10.1. The zero-order valence-corrected chi connectivity index (χ0v) is 9.53. The molecule has 0 rings (SSSR count). The highest BCUT2D eigenvalue weighted by Gasteiger charge is 2.02. The standard InChI is InChI=1S/C10H21NOS/c1-4-7-13-8-6-11-10(5-2)9-12-3/h4,10-11H,1,5-9H2,2-3H3. The van der Waals surface area contributed by atoms with Gasteiger partial charge in [0.2, 0.25) is 0 Å². The van der Waals surface area contributed by atoms with E-state index in [1.165, 1.54) is 0 Å². The maximum Gasteiger partial charge on any atom is 0.0615 e. The summed E-state index contributed by atoms with van der Waals surface area (Å²) in [6.45, 7) is 7.72. The SMILES string of the molecule is C=CCSCCNC(CC)COC. The number of thioether (sulfide) groups is 1. The van der Waals surface area contributed by atoms with Crippen molar-refractivity contribution < 1.29 is 4.74 Å². The fraction of sp³-hybridized carbons (Fsp3) is 0.800. The molecule has 13 heavy (non-hydrogen) atoms. The second kappa shape index (κ2) is 10.1. The van der Waals surface area contributed by atoms with Gasteiger partial charge in [0, 0.05) is 31.2 Å². The van der Waals surface area contributed by atoms with Crippen LogP contribution >= 0.6 is 11.8 Å². The lowest BCUT2D eigenvalue weighted by molar-refractivity contribution is 0.165. The van der Waals surface area contributed by atoms with Crippen molar-refractivity contribution in [3.05, 3.63) is 12.7 Å². The maximum atomic E-state index is 5.09. The number of methoxy groups -OCH3 is 1. The number of hydrogen-bond donors (Lipinski definition) is 1. The highest BCUT2D eigenvalue weighted by molar-refractivity contribution is 7.99. The third-order valence-corrected chi connectivity index (χ3v) is 2.74. The van der Waals surface area contributed by atoms with Gasteiger partial charge in [-0.25, -0.2) is 0 Å². The van der Waals surface area contributed by atoms with Crippen molar-refractivity contribution in [3.63, 3.8) is 0 Å². The van der Waals surface area contributed by atoms with Crippen LogP contribution in [0.3, 0.4) is 0 Å². The van der Waals surface area contributed by atoms with Gasteiger partial charge in [-0.15, -0.1) is 6.58 Å². The summed E-state index contributed by atoms with van der Waals surface area (Å²) in [5, 5.41) is 3.45. The predicted molar refractivity (Wildman–Crippen MR) is 61.5 cm³/mol. The van der Waals surface area contributed by atoms with Crippen molar-refractivity contribution in [2.45, 2.75) is 19.4 Å². The monoisotopic (exact) mass is 203 g/mol. The molecule has 1 unspecified atom stereocenters. The van der Waals surface area contributed by atoms with Crippen LogP contribution < -0.4 is 5.32 Å². The summed E-state index contributed by atoms with van der Waals surface area (Å²) in [5.74, 6) is 2.19. The van der Waals surface area contributed by atoms with E-state index in [-0.39, 0.29) is 0 Å². The molecule has 0 aromatic rings. The van der Waals surface area contributed by atoms with Gasteiger partial charge in [0.05, 0.1) is 6.61 Å². The molecule has 0 aromatic carbocycles. The van der Waals surface area contributed by atoms with Crippen molar-refractivity contribution in [3.8, 4) is 0 Å². The molecule has 0 bridgehead atoms. The zero-order chi connectivity index (χ0) is 9.94. The molecule has 1 atom stereocenters. The minimum Gasteiger partial charge on any atom is -0.383 e. The zero-order valence-electron chi connectivity index (χ0n) is 8.71. The maximum absolute atomic E-state index is 5.09. The van der Waals surface area contributed by atoms with Crippen molar-refractivity contribution in [1.29, 1.82) is 0 Å². The third-order valence-electron chi connectivity index (χ3n) is 1.78. The smallest absolute Gasteiger partial charge is 0.0615 e. The summed E-state index contributed by atoms with van der Waals surface area (Å²) in [4.78, 5) is 0. The minimum atomic E-state index is 0.509. The lowest BCUT2D eigenvalue weighted by atomic mass is 10.2. The topological polar surface area (TPSA) is 21.3 Å². The van der Waals surface area contributed by atoms with E-state index in [1.54, 1.807) is 7.11 Å². The summed E-state index contributed by atoms with van der Waals surface area (Å²) in [7, 11) is 1.75. The molecule has 78 valence electrons. The van der Waals surface area contributed by atoms with E-state index >= 15 is 0 Å². The average Bonchev–Trinajstić information content (AvgIpc) is 2.16. The van der Waals surface area contributed by atoms with Gasteiger partial charge in [0.25, 0.3) is 0 Å². The Hall–Kier alpha value is 0.01000. The van der Waals surface area contributed by atoms with Gasteiger partial charge in [-0.3, -0.25) is 0 Å². The Morgan fingerprint density at radius 2 is 2.38 bits per heavy atom. The summed E-state index contributed by atoms with van der Waals surface area (Å²) in [5.41, 5.74) is 0. The molecule has 0 saturated heterocycles. The van der Waals surface area contributed by atoms with E-state index in [9.17, 15) is 0 Å². The van der Waals surface area contributed by atoms with Crippen LogP contribution in [-0.2, 0) is 4.74 Å². The van der Waals surface area contributed by atoms with Crippen molar-refractivity contribution >= 4 is 11.8 Å². The first-order valence-electron chi connectivity index (χ1n) is 4.76. The summed E-state index contributed by atoms with van der Waals surface area (Å²) < 4.78 is 5.09. The Labute approximate surface area is 86.1 Å². The third kappa shape index (κ3) is 8.34. The number of rotatable bonds is 9. The normalized spacial score (nSPS) is 12.8. The van der Waals surface area contributed by atoms with E-state index in [2.05, 4.69) is 18.8 Å². The molecule has 0 heterocycles. The van der Waals surface area contributed by atoms with Crippen LogP contribution in [0, 0.1) is 0 Å². The Balaban J connectivity index is 3.22. The van der Waals surface area contributed by atoms with Crippen LogP contribution in [0.5, 0.6) is 0 Å². The summed E-state index contributed by atoms with van der Waals surface area (Å²) in [6, 6.07) is 0.509. The van der Waals surface area contributed by atoms with Gasteiger partial charge < -0.3 is 10.1 Å². The van der Waals surface area contributed by atoms with E-state index in [0.717, 1.165) is 31.1 Å². The van der Waals surface area contributed by atoms with Gasteiger partial charge in [-0.2, -0.15) is 11.8 Å². The molecule has 0 fully saturated rings. The van der Waals surface area contributed by atoms with Crippen LogP contribution in [-0.4, -0.2) is 37.8 Å². The minimum absolute atomic E-state index is 0.509. The molecule has 0 aromatic heterocycles. The van der Waals surface area contributed by atoms with Crippen LogP contribution in [0.1, 0.15) is 13.3 Å². The van der Waals surface area contributed by atoms with E-state index in [4.69, 9.17) is 4.74 Å². The molecular weight excluding hydrogens is 182 g/mol. The van der Waals surface area contributed by atoms with Gasteiger partial charge in [-0.05, 0) is 6.42 Å². The number of hydrogen-bond acceptors (Lipinski definition) is 3. The van der Waals surface area contributed by atoms with E-state index < -0.39 is 0 Å². The van der Waals surface area contributed by atoms with Crippen LogP contribution in [0.2, 0.25) is 0 Å². The molecule has 2 nitrogen and oxygen atoms in total. The van der Waals surface area contributed by atoms with Gasteiger partial charge in [0.15, 0.2) is 0 Å². The van der Waals surface area contributed by atoms with E-state index in [1.807, 2.05) is 17.8 Å². The molecule has 1 N–H and O–H groups in total. The summed E-state index contributed by atoms with van der Waals surface area (Å²) >= 11 is 1.90. The fourth-order valence-electron chi connectivity index (χ4n) is 1.02. The van der Waals surface area contributed by atoms with Crippen LogP contribution in [0.25, 0.3) is 0 Å². The first-order chi connectivity index (χ1) is 6.35. The predicted octanol–water partition coefficient (Wildman–Crippen LogP) is 1.92. The second-order valence-electron chi connectivity index (χ2n) is 2.88. The summed E-state index contributed by atoms with van der Waals surface area (Å²) in [6.07, 6.45) is 3.07. The number of nitrogens with one attached hydrogen (secondary N) is 1. The molecule has 0 amide bonds. The van der Waals surface area contributed by atoms with Crippen LogP contribution in [0.15, 0.2) is 12.7 Å². The van der Waals surface area contributed by atoms with Crippen LogP contribution in [0.4, 0.5) is 0 Å². The highest BCUT2D eigenvalue weighted by atomic mass is 32.2. The van der Waals surface area contributed by atoms with Gasteiger partial charge in [0.1, 0.15) is 0 Å². The molecule has 3 heteroatoms. The lowest BCUT2D eigenvalue weighted by Crippen LogP contribution is -2.34. The quantitative estimate of drug-likeness (QED) is 0.457. The van der Waals surface area contributed by atoms with Gasteiger partial charge >= 0.3 is 0 Å². The van der Waals surface area contributed by atoms with E-state index in [0.29, 0.717) is 6.04 Å². The molecule has 0 aliphatic heterocycles. The van der Waals surface area contributed by atoms with Crippen molar-refractivity contribution in [2.75, 3.05) is 31.8 Å². The molecule has 0 radical (unpaired) electrons. The fourth-order valence-corrected chi connectivity index (χ4v) is 1.62. The molecule has 0 spiro atoms. The Bertz CT molecular complexity index is 119. The number of ether oxygens (including phenoxy) is 1. The molecule has 0 aliphatic rings. The average molecular weight is 203 g/mol. The van der Waals surface area contributed by atoms with Crippen molar-refractivity contribution in [1.82, 2.24) is 5.32 Å². The molecule has 0 saturated carbocycles. The molecular formula is C10H21NOS. The Morgan fingerprint density at radius 3 is 2.92 bits per heavy atom.